The van der Waals surface area contributed by atoms with E-state index in [0.29, 0.717) is 11.3 Å². The van der Waals surface area contributed by atoms with E-state index in [9.17, 15) is 19.7 Å². The summed E-state index contributed by atoms with van der Waals surface area (Å²) < 4.78 is 0. The molecule has 25 heavy (non-hydrogen) atoms. The summed E-state index contributed by atoms with van der Waals surface area (Å²) >= 11 is 0. The summed E-state index contributed by atoms with van der Waals surface area (Å²) in [5.41, 5.74) is 1.74. The first-order valence-electron chi connectivity index (χ1n) is 7.84. The quantitative estimate of drug-likeness (QED) is 0.623. The average Bonchev–Trinajstić information content (AvgIpc) is 2.59. The van der Waals surface area contributed by atoms with Gasteiger partial charge in [-0.2, -0.15) is 0 Å². The van der Waals surface area contributed by atoms with Crippen molar-refractivity contribution < 1.29 is 14.5 Å². The van der Waals surface area contributed by atoms with Crippen molar-refractivity contribution in [3.8, 4) is 0 Å². The normalized spacial score (nSPS) is 10.2. The van der Waals surface area contributed by atoms with Crippen molar-refractivity contribution in [2.75, 3.05) is 11.9 Å². The SMILES string of the molecule is CCc1ccccc1NC(=O)CNC(=O)c1cccc(C)c1[N+](=O)[O-]. The summed E-state index contributed by atoms with van der Waals surface area (Å²) in [6, 6.07) is 11.9. The van der Waals surface area contributed by atoms with E-state index in [1.165, 1.54) is 6.07 Å². The minimum Gasteiger partial charge on any atom is -0.343 e. The van der Waals surface area contributed by atoms with Crippen LogP contribution in [0.2, 0.25) is 0 Å². The van der Waals surface area contributed by atoms with Gasteiger partial charge in [-0.1, -0.05) is 37.3 Å². The fourth-order valence-corrected chi connectivity index (χ4v) is 2.49. The molecule has 2 aromatic carbocycles. The van der Waals surface area contributed by atoms with E-state index in [-0.39, 0.29) is 17.8 Å². The van der Waals surface area contributed by atoms with E-state index in [2.05, 4.69) is 10.6 Å². The Hall–Kier alpha value is -3.22. The molecule has 0 heterocycles. The van der Waals surface area contributed by atoms with E-state index in [1.807, 2.05) is 25.1 Å². The molecule has 0 aromatic heterocycles. The zero-order valence-electron chi connectivity index (χ0n) is 14.0. The highest BCUT2D eigenvalue weighted by Crippen LogP contribution is 2.22. The molecule has 0 saturated heterocycles. The molecular weight excluding hydrogens is 322 g/mol. The molecule has 0 aliphatic carbocycles. The largest absolute Gasteiger partial charge is 0.343 e. The lowest BCUT2D eigenvalue weighted by atomic mass is 10.1. The molecular formula is C18H19N3O4. The summed E-state index contributed by atoms with van der Waals surface area (Å²) in [4.78, 5) is 34.8. The number of amides is 2. The van der Waals surface area contributed by atoms with Crippen molar-refractivity contribution >= 4 is 23.2 Å². The lowest BCUT2D eigenvalue weighted by Gasteiger charge is -2.10. The Morgan fingerprint density at radius 1 is 1.12 bits per heavy atom. The number of anilines is 1. The third kappa shape index (κ3) is 4.41. The van der Waals surface area contributed by atoms with E-state index < -0.39 is 16.7 Å². The number of hydrogen-bond acceptors (Lipinski definition) is 4. The van der Waals surface area contributed by atoms with Gasteiger partial charge in [0.15, 0.2) is 0 Å². The first kappa shape index (κ1) is 18.1. The van der Waals surface area contributed by atoms with Gasteiger partial charge in [0.1, 0.15) is 5.56 Å². The van der Waals surface area contributed by atoms with Crippen LogP contribution < -0.4 is 10.6 Å². The molecule has 0 saturated carbocycles. The van der Waals surface area contributed by atoms with Crippen LogP contribution in [0.5, 0.6) is 0 Å². The number of nitro groups is 1. The Balaban J connectivity index is 2.04. The van der Waals surface area contributed by atoms with Gasteiger partial charge in [-0.3, -0.25) is 19.7 Å². The zero-order valence-corrected chi connectivity index (χ0v) is 14.0. The lowest BCUT2D eigenvalue weighted by Crippen LogP contribution is -2.33. The van der Waals surface area contributed by atoms with Gasteiger partial charge in [0.2, 0.25) is 5.91 Å². The lowest BCUT2D eigenvalue weighted by molar-refractivity contribution is -0.385. The molecule has 0 atom stereocenters. The predicted molar refractivity (Wildman–Crippen MR) is 94.6 cm³/mol. The Bertz CT molecular complexity index is 818. The molecule has 0 aliphatic rings. The summed E-state index contributed by atoms with van der Waals surface area (Å²) in [6.07, 6.45) is 0.762. The highest BCUT2D eigenvalue weighted by Gasteiger charge is 2.22. The van der Waals surface area contributed by atoms with Crippen LogP contribution in [-0.2, 0) is 11.2 Å². The second kappa shape index (κ2) is 8.05. The molecule has 7 heteroatoms. The monoisotopic (exact) mass is 341 g/mol. The molecule has 130 valence electrons. The van der Waals surface area contributed by atoms with Gasteiger partial charge in [0, 0.05) is 11.3 Å². The zero-order chi connectivity index (χ0) is 18.4. The van der Waals surface area contributed by atoms with Crippen LogP contribution in [0.25, 0.3) is 0 Å². The number of carbonyl (C=O) groups is 2. The van der Waals surface area contributed by atoms with Crippen LogP contribution in [0.3, 0.4) is 0 Å². The molecule has 0 spiro atoms. The minimum atomic E-state index is -0.658. The highest BCUT2D eigenvalue weighted by molar-refractivity contribution is 6.02. The number of carbonyl (C=O) groups excluding carboxylic acids is 2. The van der Waals surface area contributed by atoms with Crippen LogP contribution in [0, 0.1) is 17.0 Å². The van der Waals surface area contributed by atoms with Gasteiger partial charge in [0.05, 0.1) is 11.5 Å². The number of hydrogen-bond donors (Lipinski definition) is 2. The van der Waals surface area contributed by atoms with Crippen LogP contribution in [0.4, 0.5) is 11.4 Å². The van der Waals surface area contributed by atoms with Crippen LogP contribution in [0.1, 0.15) is 28.4 Å². The van der Waals surface area contributed by atoms with Gasteiger partial charge in [0.25, 0.3) is 11.6 Å². The van der Waals surface area contributed by atoms with Crippen LogP contribution in [-0.4, -0.2) is 23.3 Å². The molecule has 0 fully saturated rings. The summed E-state index contributed by atoms with van der Waals surface area (Å²) in [7, 11) is 0. The first-order valence-corrected chi connectivity index (χ1v) is 7.84. The number of nitro benzene ring substituents is 1. The Kier molecular flexibility index (Phi) is 5.84. The summed E-state index contributed by atoms with van der Waals surface area (Å²) in [5, 5.41) is 16.3. The van der Waals surface area contributed by atoms with Crippen LogP contribution in [0.15, 0.2) is 42.5 Å². The minimum absolute atomic E-state index is 0.0632. The molecule has 0 unspecified atom stereocenters. The van der Waals surface area contributed by atoms with Crippen molar-refractivity contribution in [2.45, 2.75) is 20.3 Å². The van der Waals surface area contributed by atoms with Crippen molar-refractivity contribution in [3.63, 3.8) is 0 Å². The van der Waals surface area contributed by atoms with Gasteiger partial charge in [-0.05, 0) is 31.0 Å². The highest BCUT2D eigenvalue weighted by atomic mass is 16.6. The molecule has 2 N–H and O–H groups in total. The Labute approximate surface area is 145 Å². The van der Waals surface area contributed by atoms with E-state index in [4.69, 9.17) is 0 Å². The third-order valence-electron chi connectivity index (χ3n) is 3.75. The third-order valence-corrected chi connectivity index (χ3v) is 3.75. The van der Waals surface area contributed by atoms with Gasteiger partial charge >= 0.3 is 0 Å². The standard InChI is InChI=1S/C18H19N3O4/c1-3-13-8-4-5-10-15(13)20-16(22)11-19-18(23)14-9-6-7-12(2)17(14)21(24)25/h4-10H,3,11H2,1-2H3,(H,19,23)(H,20,22). The van der Waals surface area contributed by atoms with Crippen molar-refractivity contribution in [1.29, 1.82) is 0 Å². The second-order valence-corrected chi connectivity index (χ2v) is 5.47. The first-order chi connectivity index (χ1) is 11.9. The van der Waals surface area contributed by atoms with E-state index in [1.54, 1.807) is 25.1 Å². The molecule has 2 amide bonds. The van der Waals surface area contributed by atoms with Gasteiger partial charge < -0.3 is 10.6 Å². The second-order valence-electron chi connectivity index (χ2n) is 5.47. The summed E-state index contributed by atoms with van der Waals surface area (Å²) in [6.45, 7) is 3.26. The number of nitrogens with zero attached hydrogens (tertiary/aromatic N) is 1. The van der Waals surface area contributed by atoms with E-state index in [0.717, 1.165) is 12.0 Å². The smallest absolute Gasteiger partial charge is 0.285 e. The summed E-state index contributed by atoms with van der Waals surface area (Å²) in [5.74, 6) is -1.06. The Morgan fingerprint density at radius 2 is 1.84 bits per heavy atom. The predicted octanol–water partition coefficient (Wildman–Crippen LogP) is 2.83. The number of benzene rings is 2. The molecule has 2 rings (SSSR count). The number of nitrogens with one attached hydrogen (secondary N) is 2. The molecule has 0 aliphatic heterocycles. The Morgan fingerprint density at radius 3 is 2.52 bits per heavy atom. The maximum absolute atomic E-state index is 12.2. The van der Waals surface area contributed by atoms with Crippen molar-refractivity contribution in [1.82, 2.24) is 5.32 Å². The van der Waals surface area contributed by atoms with Crippen molar-refractivity contribution in [2.24, 2.45) is 0 Å². The fourth-order valence-electron chi connectivity index (χ4n) is 2.49. The van der Waals surface area contributed by atoms with Gasteiger partial charge in [-0.25, -0.2) is 0 Å². The molecule has 7 nitrogen and oxygen atoms in total. The maximum Gasteiger partial charge on any atom is 0.285 e. The van der Waals surface area contributed by atoms with Gasteiger partial charge in [-0.15, -0.1) is 0 Å². The van der Waals surface area contributed by atoms with Crippen LogP contribution >= 0.6 is 0 Å². The van der Waals surface area contributed by atoms with Crippen molar-refractivity contribution in [3.05, 3.63) is 69.3 Å². The molecule has 2 aromatic rings. The topological polar surface area (TPSA) is 101 Å². The van der Waals surface area contributed by atoms with E-state index >= 15 is 0 Å². The number of rotatable bonds is 6. The molecule has 0 bridgehead atoms. The average molecular weight is 341 g/mol. The fraction of sp³-hybridized carbons (Fsp3) is 0.222. The number of aryl methyl sites for hydroxylation is 2. The number of para-hydroxylation sites is 2. The maximum atomic E-state index is 12.2. The molecule has 0 radical (unpaired) electrons.